The minimum absolute atomic E-state index is 0.133. The highest BCUT2D eigenvalue weighted by atomic mass is 35.5. The van der Waals surface area contributed by atoms with Gasteiger partial charge in [-0.3, -0.25) is 0 Å². The van der Waals surface area contributed by atoms with Crippen molar-refractivity contribution in [2.24, 2.45) is 0 Å². The van der Waals surface area contributed by atoms with Crippen molar-refractivity contribution in [3.05, 3.63) is 22.7 Å². The zero-order valence-corrected chi connectivity index (χ0v) is 7.85. The molecule has 0 saturated carbocycles. The molecule has 0 amide bonds. The number of hydrogen-bond acceptors (Lipinski definition) is 2. The summed E-state index contributed by atoms with van der Waals surface area (Å²) in [6.45, 7) is 1.99. The highest BCUT2D eigenvalue weighted by Gasteiger charge is 2.07. The van der Waals surface area contributed by atoms with Gasteiger partial charge in [-0.2, -0.15) is 0 Å². The Morgan fingerprint density at radius 1 is 1.50 bits per heavy atom. The zero-order valence-electron chi connectivity index (χ0n) is 7.10. The van der Waals surface area contributed by atoms with E-state index in [9.17, 15) is 5.11 Å². The lowest BCUT2D eigenvalue weighted by Crippen LogP contribution is -1.91. The van der Waals surface area contributed by atoms with E-state index in [2.05, 4.69) is 0 Å². The van der Waals surface area contributed by atoms with Crippen LogP contribution in [-0.4, -0.2) is 12.2 Å². The largest absolute Gasteiger partial charge is 0.508 e. The summed E-state index contributed by atoms with van der Waals surface area (Å²) >= 11 is 5.87. The van der Waals surface area contributed by atoms with Gasteiger partial charge in [0, 0.05) is 11.6 Å². The van der Waals surface area contributed by atoms with Crippen LogP contribution in [0.25, 0.3) is 0 Å². The normalized spacial score (nSPS) is 9.92. The Balaban J connectivity index is 3.24. The minimum atomic E-state index is 0.133. The second-order valence-electron chi connectivity index (χ2n) is 2.46. The van der Waals surface area contributed by atoms with Crippen molar-refractivity contribution in [1.82, 2.24) is 0 Å². The van der Waals surface area contributed by atoms with E-state index in [4.69, 9.17) is 16.3 Å². The molecule has 0 aliphatic rings. The average Bonchev–Trinajstić information content (AvgIpc) is 2.03. The Morgan fingerprint density at radius 2 is 2.17 bits per heavy atom. The Labute approximate surface area is 76.7 Å². The third-order valence-corrected chi connectivity index (χ3v) is 2.05. The Bertz CT molecular complexity index is 284. The Hall–Kier alpha value is -0.890. The molecule has 0 fully saturated rings. The van der Waals surface area contributed by atoms with Crippen LogP contribution in [0.4, 0.5) is 0 Å². The van der Waals surface area contributed by atoms with Crippen LogP contribution < -0.4 is 4.74 Å². The molecule has 66 valence electrons. The van der Waals surface area contributed by atoms with E-state index in [1.54, 1.807) is 13.2 Å². The molecule has 12 heavy (non-hydrogen) atoms. The Kier molecular flexibility index (Phi) is 2.82. The summed E-state index contributed by atoms with van der Waals surface area (Å²) in [5.41, 5.74) is 0.928. The predicted molar refractivity (Wildman–Crippen MR) is 49.0 cm³/mol. The molecule has 1 N–H and O–H groups in total. The molecule has 0 spiro atoms. The van der Waals surface area contributed by atoms with Gasteiger partial charge in [-0.15, -0.1) is 0 Å². The lowest BCUT2D eigenvalue weighted by atomic mass is 10.1. The third kappa shape index (κ3) is 1.64. The smallest absolute Gasteiger partial charge is 0.127 e. The first-order valence-electron chi connectivity index (χ1n) is 3.74. The number of methoxy groups -OCH3 is 1. The molecule has 1 rings (SSSR count). The highest BCUT2D eigenvalue weighted by Crippen LogP contribution is 2.31. The summed E-state index contributed by atoms with van der Waals surface area (Å²) in [6.07, 6.45) is 0.794. The average molecular weight is 187 g/mol. The fourth-order valence-electron chi connectivity index (χ4n) is 1.12. The van der Waals surface area contributed by atoms with Crippen LogP contribution in [0.2, 0.25) is 5.02 Å². The number of phenols is 1. The predicted octanol–water partition coefficient (Wildman–Crippen LogP) is 2.62. The lowest BCUT2D eigenvalue weighted by molar-refractivity contribution is 0.403. The van der Waals surface area contributed by atoms with E-state index >= 15 is 0 Å². The molecule has 0 bridgehead atoms. The lowest BCUT2D eigenvalue weighted by Gasteiger charge is -2.08. The van der Waals surface area contributed by atoms with Gasteiger partial charge in [-0.1, -0.05) is 18.5 Å². The van der Waals surface area contributed by atoms with Crippen molar-refractivity contribution in [3.63, 3.8) is 0 Å². The van der Waals surface area contributed by atoms with Gasteiger partial charge in [0.15, 0.2) is 0 Å². The number of aromatic hydroxyl groups is 1. The van der Waals surface area contributed by atoms with Gasteiger partial charge in [-0.25, -0.2) is 0 Å². The van der Waals surface area contributed by atoms with Crippen molar-refractivity contribution in [2.45, 2.75) is 13.3 Å². The summed E-state index contributed by atoms with van der Waals surface area (Å²) in [6, 6.07) is 3.08. The van der Waals surface area contributed by atoms with Crippen molar-refractivity contribution < 1.29 is 9.84 Å². The first-order chi connectivity index (χ1) is 5.69. The summed E-state index contributed by atoms with van der Waals surface area (Å²) in [7, 11) is 1.56. The van der Waals surface area contributed by atoms with Crippen LogP contribution in [0.3, 0.4) is 0 Å². The van der Waals surface area contributed by atoms with Crippen LogP contribution in [0, 0.1) is 0 Å². The second kappa shape index (κ2) is 3.68. The summed E-state index contributed by atoms with van der Waals surface area (Å²) in [5.74, 6) is 0.775. The molecule has 0 aromatic heterocycles. The quantitative estimate of drug-likeness (QED) is 0.770. The van der Waals surface area contributed by atoms with Crippen molar-refractivity contribution in [1.29, 1.82) is 0 Å². The van der Waals surface area contributed by atoms with Crippen LogP contribution in [0.1, 0.15) is 12.5 Å². The maximum Gasteiger partial charge on any atom is 0.127 e. The van der Waals surface area contributed by atoms with E-state index in [0.29, 0.717) is 10.8 Å². The van der Waals surface area contributed by atoms with Gasteiger partial charge in [0.1, 0.15) is 11.5 Å². The molecule has 1 aromatic rings. The number of ether oxygens (including phenoxy) is 1. The summed E-state index contributed by atoms with van der Waals surface area (Å²) in [5, 5.41) is 9.73. The zero-order chi connectivity index (χ0) is 9.14. The van der Waals surface area contributed by atoms with E-state index in [1.807, 2.05) is 6.92 Å². The molecule has 0 unspecified atom stereocenters. The van der Waals surface area contributed by atoms with Crippen molar-refractivity contribution >= 4 is 11.6 Å². The summed E-state index contributed by atoms with van der Waals surface area (Å²) in [4.78, 5) is 0. The second-order valence-corrected chi connectivity index (χ2v) is 2.87. The van der Waals surface area contributed by atoms with Gasteiger partial charge in [-0.05, 0) is 12.5 Å². The molecule has 0 aliphatic heterocycles. The molecular formula is C9H11ClO2. The highest BCUT2D eigenvalue weighted by molar-refractivity contribution is 6.31. The number of halogens is 1. The number of benzene rings is 1. The molecule has 0 saturated heterocycles. The molecule has 1 aromatic carbocycles. The van der Waals surface area contributed by atoms with E-state index < -0.39 is 0 Å². The Morgan fingerprint density at radius 3 is 2.67 bits per heavy atom. The van der Waals surface area contributed by atoms with Gasteiger partial charge in [0.25, 0.3) is 0 Å². The van der Waals surface area contributed by atoms with Crippen molar-refractivity contribution in [3.8, 4) is 11.5 Å². The molecule has 2 nitrogen and oxygen atoms in total. The molecule has 0 atom stereocenters. The maximum absolute atomic E-state index is 9.18. The van der Waals surface area contributed by atoms with Crippen molar-refractivity contribution in [2.75, 3.05) is 7.11 Å². The van der Waals surface area contributed by atoms with Gasteiger partial charge < -0.3 is 9.84 Å². The van der Waals surface area contributed by atoms with E-state index in [-0.39, 0.29) is 5.75 Å². The summed E-state index contributed by atoms with van der Waals surface area (Å²) < 4.78 is 5.05. The first kappa shape index (κ1) is 9.20. The fraction of sp³-hybridized carbons (Fsp3) is 0.333. The van der Waals surface area contributed by atoms with Crippen LogP contribution in [0.15, 0.2) is 12.1 Å². The number of phenolic OH excluding ortho intramolecular Hbond substituents is 1. The van der Waals surface area contributed by atoms with Gasteiger partial charge in [0.05, 0.1) is 12.1 Å². The fourth-order valence-corrected chi connectivity index (χ4v) is 1.46. The van der Waals surface area contributed by atoms with E-state index in [1.165, 1.54) is 6.07 Å². The number of hydrogen-bond donors (Lipinski definition) is 1. The molecule has 0 aliphatic carbocycles. The first-order valence-corrected chi connectivity index (χ1v) is 4.12. The van der Waals surface area contributed by atoms with Crippen LogP contribution in [0.5, 0.6) is 11.5 Å². The standard InChI is InChI=1S/C9H11ClO2/c1-3-7-8(10)4-6(11)5-9(7)12-2/h4-5,11H,3H2,1-2H3. The topological polar surface area (TPSA) is 29.5 Å². The maximum atomic E-state index is 9.18. The third-order valence-electron chi connectivity index (χ3n) is 1.71. The molecule has 0 heterocycles. The van der Waals surface area contributed by atoms with Gasteiger partial charge in [0.2, 0.25) is 0 Å². The molecule has 0 radical (unpaired) electrons. The SMILES string of the molecule is CCc1c(Cl)cc(O)cc1OC. The molecular weight excluding hydrogens is 176 g/mol. The van der Waals surface area contributed by atoms with Crippen LogP contribution in [-0.2, 0) is 6.42 Å². The number of rotatable bonds is 2. The monoisotopic (exact) mass is 186 g/mol. The van der Waals surface area contributed by atoms with E-state index in [0.717, 1.165) is 12.0 Å². The van der Waals surface area contributed by atoms with Gasteiger partial charge >= 0.3 is 0 Å². The molecule has 3 heteroatoms. The minimum Gasteiger partial charge on any atom is -0.508 e. The van der Waals surface area contributed by atoms with Crippen LogP contribution >= 0.6 is 11.6 Å².